The average molecular weight is 361 g/mol. The molecule has 0 aliphatic heterocycles. The molecule has 0 aromatic heterocycles. The van der Waals surface area contributed by atoms with Crippen molar-refractivity contribution < 1.29 is 4.39 Å². The quantitative estimate of drug-likeness (QED) is 0.545. The molecule has 1 fully saturated rings. The third-order valence-corrected chi connectivity index (χ3v) is 5.78. The summed E-state index contributed by atoms with van der Waals surface area (Å²) in [7, 11) is 0. The Hall–Kier alpha value is -1.42. The standard InChI is InChI=1S/C21H29FN2S/c22-19-12-10-18(11-13-19)16-24(20-8-4-5-9-20)21(25)23-15-14-17-6-2-1-3-7-17/h6,10-13,20H,1-5,7-9,14-16H2,(H,23,25). The van der Waals surface area contributed by atoms with Crippen molar-refractivity contribution in [1.29, 1.82) is 0 Å². The van der Waals surface area contributed by atoms with Crippen LogP contribution in [0.1, 0.15) is 63.4 Å². The van der Waals surface area contributed by atoms with Crippen LogP contribution in [0.15, 0.2) is 35.9 Å². The first-order valence-corrected chi connectivity index (χ1v) is 10.1. The van der Waals surface area contributed by atoms with E-state index in [9.17, 15) is 4.39 Å². The number of hydrogen-bond acceptors (Lipinski definition) is 1. The lowest BCUT2D eigenvalue weighted by molar-refractivity contribution is 0.303. The van der Waals surface area contributed by atoms with Crippen LogP contribution in [0.3, 0.4) is 0 Å². The molecule has 0 bridgehead atoms. The van der Waals surface area contributed by atoms with Crippen LogP contribution in [0.4, 0.5) is 4.39 Å². The smallest absolute Gasteiger partial charge is 0.169 e. The zero-order valence-corrected chi connectivity index (χ0v) is 15.8. The largest absolute Gasteiger partial charge is 0.362 e. The summed E-state index contributed by atoms with van der Waals surface area (Å²) >= 11 is 5.73. The van der Waals surface area contributed by atoms with Gasteiger partial charge in [0, 0.05) is 19.1 Å². The van der Waals surface area contributed by atoms with Crippen molar-refractivity contribution in [1.82, 2.24) is 10.2 Å². The minimum atomic E-state index is -0.183. The molecule has 2 aliphatic carbocycles. The van der Waals surface area contributed by atoms with Gasteiger partial charge in [-0.2, -0.15) is 0 Å². The molecule has 136 valence electrons. The van der Waals surface area contributed by atoms with Gasteiger partial charge in [-0.05, 0) is 74.9 Å². The van der Waals surface area contributed by atoms with Gasteiger partial charge in [0.15, 0.2) is 5.11 Å². The number of thiocarbonyl (C=S) groups is 1. The summed E-state index contributed by atoms with van der Waals surface area (Å²) in [6.45, 7) is 1.68. The summed E-state index contributed by atoms with van der Waals surface area (Å²) in [6.07, 6.45) is 13.6. The van der Waals surface area contributed by atoms with E-state index in [1.807, 2.05) is 12.1 Å². The van der Waals surface area contributed by atoms with Gasteiger partial charge in [-0.1, -0.05) is 36.6 Å². The second-order valence-corrected chi connectivity index (χ2v) is 7.67. The van der Waals surface area contributed by atoms with Gasteiger partial charge < -0.3 is 10.2 Å². The van der Waals surface area contributed by atoms with Crippen LogP contribution < -0.4 is 5.32 Å². The van der Waals surface area contributed by atoms with Crippen LogP contribution in [-0.4, -0.2) is 22.6 Å². The molecule has 0 atom stereocenters. The van der Waals surface area contributed by atoms with Crippen LogP contribution in [0.2, 0.25) is 0 Å². The first-order chi connectivity index (χ1) is 12.2. The fraction of sp³-hybridized carbons (Fsp3) is 0.571. The predicted molar refractivity (Wildman–Crippen MR) is 106 cm³/mol. The van der Waals surface area contributed by atoms with Crippen molar-refractivity contribution in [3.8, 4) is 0 Å². The van der Waals surface area contributed by atoms with Crippen molar-refractivity contribution in [2.45, 2.75) is 70.4 Å². The Bertz CT molecular complexity index is 590. The Morgan fingerprint density at radius 2 is 1.88 bits per heavy atom. The maximum atomic E-state index is 13.2. The van der Waals surface area contributed by atoms with Crippen LogP contribution in [0.5, 0.6) is 0 Å². The van der Waals surface area contributed by atoms with E-state index >= 15 is 0 Å². The van der Waals surface area contributed by atoms with Crippen LogP contribution in [0.25, 0.3) is 0 Å². The van der Waals surface area contributed by atoms with E-state index in [2.05, 4.69) is 16.3 Å². The lowest BCUT2D eigenvalue weighted by atomic mass is 9.97. The SMILES string of the molecule is Fc1ccc(CN(C(=S)NCCC2=CCCCC2)C2CCCC2)cc1. The Labute approximate surface area is 156 Å². The Morgan fingerprint density at radius 1 is 1.12 bits per heavy atom. The summed E-state index contributed by atoms with van der Waals surface area (Å²) in [6, 6.07) is 7.32. The highest BCUT2D eigenvalue weighted by Gasteiger charge is 2.24. The van der Waals surface area contributed by atoms with E-state index in [0.29, 0.717) is 6.04 Å². The second kappa shape index (κ2) is 9.33. The Kier molecular flexibility index (Phi) is 6.85. The lowest BCUT2D eigenvalue weighted by Crippen LogP contribution is -2.44. The molecule has 3 rings (SSSR count). The molecule has 0 heterocycles. The minimum Gasteiger partial charge on any atom is -0.362 e. The Balaban J connectivity index is 1.56. The van der Waals surface area contributed by atoms with Gasteiger partial charge in [0.2, 0.25) is 0 Å². The van der Waals surface area contributed by atoms with E-state index in [0.717, 1.165) is 30.2 Å². The first-order valence-electron chi connectivity index (χ1n) is 9.69. The maximum absolute atomic E-state index is 13.2. The number of nitrogens with one attached hydrogen (secondary N) is 1. The number of halogens is 1. The molecule has 25 heavy (non-hydrogen) atoms. The predicted octanol–water partition coefficient (Wildman–Crippen LogP) is 5.34. The van der Waals surface area contributed by atoms with E-state index in [4.69, 9.17) is 12.2 Å². The van der Waals surface area contributed by atoms with Crippen molar-refractivity contribution >= 4 is 17.3 Å². The topological polar surface area (TPSA) is 15.3 Å². The molecule has 1 saturated carbocycles. The number of benzene rings is 1. The molecular weight excluding hydrogens is 331 g/mol. The first kappa shape index (κ1) is 18.4. The summed E-state index contributed by atoms with van der Waals surface area (Å²) in [5, 5.41) is 4.34. The molecule has 1 aromatic carbocycles. The highest BCUT2D eigenvalue weighted by Crippen LogP contribution is 2.25. The highest BCUT2D eigenvalue weighted by atomic mass is 32.1. The van der Waals surface area contributed by atoms with Gasteiger partial charge in [-0.3, -0.25) is 0 Å². The summed E-state index contributed by atoms with van der Waals surface area (Å²) in [4.78, 5) is 2.32. The van der Waals surface area contributed by atoms with Gasteiger partial charge in [-0.25, -0.2) is 4.39 Å². The molecule has 0 radical (unpaired) electrons. The van der Waals surface area contributed by atoms with E-state index in [-0.39, 0.29) is 5.82 Å². The highest BCUT2D eigenvalue weighted by molar-refractivity contribution is 7.80. The number of nitrogens with zero attached hydrogens (tertiary/aromatic N) is 1. The molecule has 0 amide bonds. The van der Waals surface area contributed by atoms with E-state index in [1.54, 1.807) is 5.57 Å². The molecule has 4 heteroatoms. The second-order valence-electron chi connectivity index (χ2n) is 7.28. The van der Waals surface area contributed by atoms with Gasteiger partial charge in [0.05, 0.1) is 0 Å². The molecule has 0 unspecified atom stereocenters. The van der Waals surface area contributed by atoms with Gasteiger partial charge in [0.1, 0.15) is 5.82 Å². The van der Waals surface area contributed by atoms with Gasteiger partial charge >= 0.3 is 0 Å². The monoisotopic (exact) mass is 360 g/mol. The fourth-order valence-electron chi connectivity index (χ4n) is 3.93. The number of hydrogen-bond donors (Lipinski definition) is 1. The molecule has 0 spiro atoms. The Morgan fingerprint density at radius 3 is 2.56 bits per heavy atom. The van der Waals surface area contributed by atoms with Crippen molar-refractivity contribution in [2.24, 2.45) is 0 Å². The van der Waals surface area contributed by atoms with Crippen LogP contribution >= 0.6 is 12.2 Å². The third kappa shape index (κ3) is 5.53. The normalized spacial score (nSPS) is 18.0. The van der Waals surface area contributed by atoms with Crippen LogP contribution in [-0.2, 0) is 6.54 Å². The van der Waals surface area contributed by atoms with Crippen LogP contribution in [0, 0.1) is 5.82 Å². The average Bonchev–Trinajstić information content (AvgIpc) is 3.16. The summed E-state index contributed by atoms with van der Waals surface area (Å²) in [5.41, 5.74) is 2.69. The number of rotatable bonds is 6. The molecule has 2 nitrogen and oxygen atoms in total. The van der Waals surface area contributed by atoms with Gasteiger partial charge in [-0.15, -0.1) is 0 Å². The summed E-state index contributed by atoms with van der Waals surface area (Å²) in [5.74, 6) is -0.183. The zero-order valence-electron chi connectivity index (χ0n) is 15.0. The molecular formula is C21H29FN2S. The number of allylic oxidation sites excluding steroid dienone is 1. The van der Waals surface area contributed by atoms with Crippen molar-refractivity contribution in [3.63, 3.8) is 0 Å². The zero-order chi connectivity index (χ0) is 17.5. The van der Waals surface area contributed by atoms with Gasteiger partial charge in [0.25, 0.3) is 0 Å². The lowest BCUT2D eigenvalue weighted by Gasteiger charge is -2.32. The molecule has 0 saturated heterocycles. The molecule has 1 aromatic rings. The fourth-order valence-corrected chi connectivity index (χ4v) is 4.25. The minimum absolute atomic E-state index is 0.183. The van der Waals surface area contributed by atoms with Crippen molar-refractivity contribution in [3.05, 3.63) is 47.3 Å². The van der Waals surface area contributed by atoms with E-state index in [1.165, 1.54) is 63.5 Å². The van der Waals surface area contributed by atoms with E-state index < -0.39 is 0 Å². The molecule has 1 N–H and O–H groups in total. The third-order valence-electron chi connectivity index (χ3n) is 5.40. The summed E-state index contributed by atoms with van der Waals surface area (Å²) < 4.78 is 13.2. The maximum Gasteiger partial charge on any atom is 0.169 e. The van der Waals surface area contributed by atoms with Crippen molar-refractivity contribution in [2.75, 3.05) is 6.54 Å². The molecule has 2 aliphatic rings.